The number of hydrogen-bond acceptors (Lipinski definition) is 3. The Morgan fingerprint density at radius 3 is 2.33 bits per heavy atom. The van der Waals surface area contributed by atoms with Crippen LogP contribution in [0.3, 0.4) is 0 Å². The van der Waals surface area contributed by atoms with Gasteiger partial charge in [-0.2, -0.15) is 0 Å². The minimum atomic E-state index is 0. The number of benzene rings is 2. The fourth-order valence-corrected chi connectivity index (χ4v) is 3.46. The van der Waals surface area contributed by atoms with Crippen molar-refractivity contribution < 1.29 is 4.74 Å². The first kappa shape index (κ1) is 26.4. The summed E-state index contributed by atoms with van der Waals surface area (Å²) in [6.07, 6.45) is 2.81. The van der Waals surface area contributed by atoms with E-state index in [4.69, 9.17) is 4.74 Å². The van der Waals surface area contributed by atoms with Crippen LogP contribution in [0.4, 0.5) is 0 Å². The van der Waals surface area contributed by atoms with E-state index in [-0.39, 0.29) is 29.5 Å². The van der Waals surface area contributed by atoms with Crippen LogP contribution in [0, 0.1) is 0 Å². The highest BCUT2D eigenvalue weighted by atomic mass is 127. The summed E-state index contributed by atoms with van der Waals surface area (Å²) in [6.45, 7) is 4.31. The molecule has 0 bridgehead atoms. The fourth-order valence-electron chi connectivity index (χ4n) is 3.46. The van der Waals surface area contributed by atoms with Crippen molar-refractivity contribution in [3.8, 4) is 5.75 Å². The Kier molecular flexibility index (Phi) is 11.0. The molecule has 33 heavy (non-hydrogen) atoms. The lowest BCUT2D eigenvalue weighted by atomic mass is 9.98. The van der Waals surface area contributed by atoms with Crippen molar-refractivity contribution in [2.75, 3.05) is 20.7 Å². The van der Waals surface area contributed by atoms with Gasteiger partial charge in [0.2, 0.25) is 0 Å². The second-order valence-electron chi connectivity index (χ2n) is 7.80. The molecule has 0 fully saturated rings. The Labute approximate surface area is 213 Å². The molecule has 0 radical (unpaired) electrons. The van der Waals surface area contributed by atoms with Crippen molar-refractivity contribution in [3.63, 3.8) is 0 Å². The molecule has 3 aromatic rings. The summed E-state index contributed by atoms with van der Waals surface area (Å²) in [5.74, 6) is 2.11. The molecule has 1 heterocycles. The number of nitrogens with zero attached hydrogens (tertiary/aromatic N) is 2. The minimum absolute atomic E-state index is 0. The number of methoxy groups -OCH3 is 1. The summed E-state index contributed by atoms with van der Waals surface area (Å²) < 4.78 is 6.93. The maximum Gasteiger partial charge on any atom is 0.250 e. The number of rotatable bonds is 9. The fraction of sp³-hybridized carbons (Fsp3) is 0.308. The molecule has 6 nitrogen and oxygen atoms in total. The largest absolute Gasteiger partial charge is 0.497 e. The van der Waals surface area contributed by atoms with Gasteiger partial charge in [0.05, 0.1) is 13.7 Å². The molecular formula is C26H33IN4O2. The van der Waals surface area contributed by atoms with E-state index in [0.29, 0.717) is 19.0 Å². The highest BCUT2D eigenvalue weighted by molar-refractivity contribution is 14.0. The standard InChI is InChI=1S/C26H32N4O2.HI/c1-20(23-11-13-24(32-3)14-12-23)15-16-28-26(27-2)29-18-21-7-9-22(10-8-21)19-30-17-5-4-6-25(30)31;/h4-14,17,20H,15-16,18-19H2,1-3H3,(H2,27,28,29);1H. The number of halogens is 1. The summed E-state index contributed by atoms with van der Waals surface area (Å²) in [6, 6.07) is 21.7. The second-order valence-corrected chi connectivity index (χ2v) is 7.80. The van der Waals surface area contributed by atoms with E-state index in [1.54, 1.807) is 30.9 Å². The molecule has 176 valence electrons. The van der Waals surface area contributed by atoms with Gasteiger partial charge >= 0.3 is 0 Å². The third kappa shape index (κ3) is 8.24. The van der Waals surface area contributed by atoms with Crippen molar-refractivity contribution in [3.05, 3.63) is 100.0 Å². The molecule has 3 rings (SSSR count). The zero-order valence-corrected chi connectivity index (χ0v) is 21.8. The van der Waals surface area contributed by atoms with Gasteiger partial charge in [0.1, 0.15) is 5.75 Å². The molecule has 0 aliphatic carbocycles. The van der Waals surface area contributed by atoms with Crippen LogP contribution in [-0.2, 0) is 13.1 Å². The van der Waals surface area contributed by atoms with Crippen molar-refractivity contribution in [2.24, 2.45) is 4.99 Å². The Morgan fingerprint density at radius 1 is 1.00 bits per heavy atom. The zero-order chi connectivity index (χ0) is 22.8. The molecule has 2 aromatic carbocycles. The first-order valence-electron chi connectivity index (χ1n) is 10.9. The Bertz CT molecular complexity index is 1060. The van der Waals surface area contributed by atoms with Crippen LogP contribution in [-0.4, -0.2) is 31.2 Å². The number of pyridine rings is 1. The number of guanidine groups is 1. The molecule has 2 N–H and O–H groups in total. The highest BCUT2D eigenvalue weighted by Crippen LogP contribution is 2.21. The molecule has 1 atom stereocenters. The van der Waals surface area contributed by atoms with Gasteiger partial charge in [0, 0.05) is 32.4 Å². The summed E-state index contributed by atoms with van der Waals surface area (Å²) in [5.41, 5.74) is 3.56. The van der Waals surface area contributed by atoms with Gasteiger partial charge in [-0.3, -0.25) is 9.79 Å². The van der Waals surface area contributed by atoms with Crippen LogP contribution in [0.25, 0.3) is 0 Å². The van der Waals surface area contributed by atoms with Gasteiger partial charge in [0.15, 0.2) is 5.96 Å². The summed E-state index contributed by atoms with van der Waals surface area (Å²) >= 11 is 0. The van der Waals surface area contributed by atoms with Gasteiger partial charge in [-0.05, 0) is 47.2 Å². The normalized spacial score (nSPS) is 11.9. The Hall–Kier alpha value is -2.81. The predicted octanol–water partition coefficient (Wildman–Crippen LogP) is 4.38. The second kappa shape index (κ2) is 13.7. The number of hydrogen-bond donors (Lipinski definition) is 2. The quantitative estimate of drug-likeness (QED) is 0.232. The van der Waals surface area contributed by atoms with Crippen molar-refractivity contribution >= 4 is 29.9 Å². The molecule has 0 aliphatic rings. The molecule has 0 amide bonds. The third-order valence-electron chi connectivity index (χ3n) is 5.51. The van der Waals surface area contributed by atoms with Crippen molar-refractivity contribution in [1.82, 2.24) is 15.2 Å². The third-order valence-corrected chi connectivity index (χ3v) is 5.51. The van der Waals surface area contributed by atoms with E-state index in [1.807, 2.05) is 24.4 Å². The summed E-state index contributed by atoms with van der Waals surface area (Å²) in [4.78, 5) is 16.2. The predicted molar refractivity (Wildman–Crippen MR) is 146 cm³/mol. The number of ether oxygens (including phenoxy) is 1. The average molecular weight is 560 g/mol. The topological polar surface area (TPSA) is 67.7 Å². The van der Waals surface area contributed by atoms with E-state index in [2.05, 4.69) is 58.9 Å². The van der Waals surface area contributed by atoms with Crippen LogP contribution in [0.1, 0.15) is 36.0 Å². The molecule has 0 saturated carbocycles. The van der Waals surface area contributed by atoms with Crippen LogP contribution in [0.15, 0.2) is 82.7 Å². The summed E-state index contributed by atoms with van der Waals surface area (Å²) in [5, 5.41) is 6.75. The van der Waals surface area contributed by atoms with E-state index in [9.17, 15) is 4.79 Å². The SMILES string of the molecule is CN=C(NCCC(C)c1ccc(OC)cc1)NCc1ccc(Cn2ccccc2=O)cc1.I. The first-order chi connectivity index (χ1) is 15.6. The molecular weight excluding hydrogens is 527 g/mol. The van der Waals surface area contributed by atoms with Gasteiger partial charge in [0.25, 0.3) is 5.56 Å². The number of nitrogens with one attached hydrogen (secondary N) is 2. The van der Waals surface area contributed by atoms with E-state index < -0.39 is 0 Å². The van der Waals surface area contributed by atoms with Gasteiger partial charge in [-0.1, -0.05) is 49.4 Å². The van der Waals surface area contributed by atoms with Crippen molar-refractivity contribution in [1.29, 1.82) is 0 Å². The van der Waals surface area contributed by atoms with Gasteiger partial charge < -0.3 is 19.9 Å². The zero-order valence-electron chi connectivity index (χ0n) is 19.5. The molecule has 7 heteroatoms. The van der Waals surface area contributed by atoms with Crippen LogP contribution in [0.5, 0.6) is 5.75 Å². The van der Waals surface area contributed by atoms with Crippen LogP contribution in [0.2, 0.25) is 0 Å². The van der Waals surface area contributed by atoms with Crippen LogP contribution >= 0.6 is 24.0 Å². The minimum Gasteiger partial charge on any atom is -0.497 e. The lowest BCUT2D eigenvalue weighted by Gasteiger charge is -2.16. The Balaban J connectivity index is 0.00000385. The van der Waals surface area contributed by atoms with E-state index in [1.165, 1.54) is 5.56 Å². The van der Waals surface area contributed by atoms with Gasteiger partial charge in [-0.15, -0.1) is 24.0 Å². The smallest absolute Gasteiger partial charge is 0.250 e. The highest BCUT2D eigenvalue weighted by Gasteiger charge is 2.07. The number of aliphatic imine (C=N–C) groups is 1. The maximum atomic E-state index is 11.9. The first-order valence-corrected chi connectivity index (χ1v) is 10.9. The van der Waals surface area contributed by atoms with E-state index >= 15 is 0 Å². The van der Waals surface area contributed by atoms with Crippen molar-refractivity contribution in [2.45, 2.75) is 32.4 Å². The summed E-state index contributed by atoms with van der Waals surface area (Å²) in [7, 11) is 3.46. The molecule has 1 unspecified atom stereocenters. The Morgan fingerprint density at radius 2 is 1.70 bits per heavy atom. The molecule has 0 saturated heterocycles. The number of aromatic nitrogens is 1. The average Bonchev–Trinajstić information content (AvgIpc) is 2.83. The molecule has 0 spiro atoms. The molecule has 0 aliphatic heterocycles. The molecule has 1 aromatic heterocycles. The monoisotopic (exact) mass is 560 g/mol. The van der Waals surface area contributed by atoms with Gasteiger partial charge in [-0.25, -0.2) is 0 Å². The lowest BCUT2D eigenvalue weighted by molar-refractivity contribution is 0.414. The van der Waals surface area contributed by atoms with E-state index in [0.717, 1.165) is 35.8 Å². The lowest BCUT2D eigenvalue weighted by Crippen LogP contribution is -2.37. The van der Waals surface area contributed by atoms with Crippen LogP contribution < -0.4 is 20.9 Å². The maximum absolute atomic E-state index is 11.9.